The Morgan fingerprint density at radius 1 is 0.480 bits per heavy atom. The lowest BCUT2D eigenvalue weighted by Gasteiger charge is -2.22. The number of nitrogens with one attached hydrogen (secondary N) is 4. The first-order valence-corrected chi connectivity index (χ1v) is 40.4. The minimum Gasteiger partial charge on any atom is -0.677 e. The minimum absolute atomic E-state index is 0. The maximum Gasteiger partial charge on any atom is 0.407 e. The van der Waals surface area contributed by atoms with Crippen LogP contribution in [0.5, 0.6) is 11.5 Å². The number of halogens is 17. The summed E-state index contributed by atoms with van der Waals surface area (Å²) in [7, 11) is 0. The maximum absolute atomic E-state index is 13.9. The van der Waals surface area contributed by atoms with Gasteiger partial charge in [0.2, 0.25) is 22.7 Å². The van der Waals surface area contributed by atoms with E-state index in [0.717, 1.165) is 0 Å². The van der Waals surface area contributed by atoms with E-state index in [2.05, 4.69) is 16.0 Å². The van der Waals surface area contributed by atoms with Crippen LogP contribution >= 0.6 is 286 Å². The van der Waals surface area contributed by atoms with Crippen LogP contribution in [0.4, 0.5) is 4.79 Å². The Kier molecular flexibility index (Phi) is 34.2. The molecule has 4 aromatic rings. The van der Waals surface area contributed by atoms with Crippen molar-refractivity contribution in [1.29, 1.82) is 0 Å². The number of benzene rings is 6. The molecule has 0 fully saturated rings. The molecular formula is C63H52Cl9I8N4O14-. The molecular weight excluding hydrogens is 2370 g/mol. The fraction of sp³-hybridized carbons (Fsp3) is 0.317. The zero-order valence-corrected chi connectivity index (χ0v) is 75.0. The maximum atomic E-state index is 13.9. The van der Waals surface area contributed by atoms with E-state index in [1.54, 1.807) is 45.0 Å². The van der Waals surface area contributed by atoms with Crippen LogP contribution in [0.25, 0.3) is 72.6 Å². The van der Waals surface area contributed by atoms with Crippen molar-refractivity contribution >= 4 is 338 Å². The number of phenols is 2. The van der Waals surface area contributed by atoms with Gasteiger partial charge >= 0.3 is 18.0 Å². The molecule has 0 atom stereocenters. The molecule has 18 nitrogen and oxygen atoms in total. The zero-order chi connectivity index (χ0) is 71.8. The van der Waals surface area contributed by atoms with Gasteiger partial charge in [0.15, 0.2) is 22.7 Å². The summed E-state index contributed by atoms with van der Waals surface area (Å²) in [6.07, 6.45) is 4.58. The largest absolute Gasteiger partial charge is 0.677 e. The summed E-state index contributed by atoms with van der Waals surface area (Å²) in [6.45, 7) is 6.89. The van der Waals surface area contributed by atoms with E-state index in [9.17, 15) is 43.8 Å². The molecule has 2 aliphatic heterocycles. The Morgan fingerprint density at radius 2 is 0.847 bits per heavy atom. The highest BCUT2D eigenvalue weighted by Gasteiger charge is 2.36. The van der Waals surface area contributed by atoms with Gasteiger partial charge in [-0.1, -0.05) is 99.2 Å². The fourth-order valence-electron chi connectivity index (χ4n) is 9.56. The quantitative estimate of drug-likeness (QED) is 0.00758. The van der Waals surface area contributed by atoms with Crippen LogP contribution in [0.15, 0.2) is 42.7 Å². The number of aromatic hydroxyl groups is 2. The monoisotopic (exact) mass is 2420 g/mol. The molecule has 0 bridgehead atoms. The van der Waals surface area contributed by atoms with Crippen LogP contribution in [0.1, 0.15) is 106 Å². The standard InChI is InChI=1S/C34H30Cl4I4N2O8.C29H21Cl4I4N2O6.ClH/c1-34(2,3)52-33(49)44-10-7-9-43-18(45)8-5-4-6-11-50-32(48)21-20(22(35)24(37)25(38)23(21)36)19-14-12-16(39)28(46)26(41)30(14)51-31-15(19)13-17(40)29(47)27(31)42;30-19-17(16-11-9-13(34)25(41)23(36)27(11)45-28-12(16)10-14(35)26(42)24(28)37)18(20(31)22(33)21(19)32)29(43)44-8-3-1-2-5-15(40)39-7-4-6-38;/h12-13,46H,4-11H2,1-3H3,(H,43,45)(H,44,49);9-10,38,41H,1-8H2,(H,39,40);1H/q;-1;. The number of ether oxygens (including phenoxy) is 3. The Balaban J connectivity index is 0.000000309. The second kappa shape index (κ2) is 38.8. The van der Waals surface area contributed by atoms with Crippen molar-refractivity contribution in [3.05, 3.63) is 130 Å². The van der Waals surface area contributed by atoms with E-state index in [1.165, 1.54) is 0 Å². The molecule has 98 heavy (non-hydrogen) atoms. The van der Waals surface area contributed by atoms with Crippen LogP contribution in [0.3, 0.4) is 0 Å². The number of phenolic OH excluding ortho intramolecular Hbond substituents is 2. The summed E-state index contributed by atoms with van der Waals surface area (Å²) in [4.78, 5) is 89.4. The molecule has 528 valence electrons. The number of unbranched alkanes of at least 4 members (excludes halogenated alkanes) is 4. The highest BCUT2D eigenvalue weighted by atomic mass is 127. The van der Waals surface area contributed by atoms with E-state index in [0.29, 0.717) is 135 Å². The number of carbonyl (C=O) groups is 5. The van der Waals surface area contributed by atoms with Gasteiger partial charge in [-0.2, -0.15) is 0 Å². The minimum atomic E-state index is -0.812. The van der Waals surface area contributed by atoms with Crippen molar-refractivity contribution in [2.45, 2.75) is 90.6 Å². The average molecular weight is 2420 g/mol. The number of hydrogen-bond acceptors (Lipinski definition) is 14. The smallest absolute Gasteiger partial charge is 0.407 e. The molecule has 0 saturated carbocycles. The fourth-order valence-corrected chi connectivity index (χ4v) is 18.8. The second-order valence-corrected chi connectivity index (χ2v) is 34.0. The molecule has 0 saturated heterocycles. The number of hydrogen-bond donors (Lipinski definition) is 5. The molecule has 0 radical (unpaired) electrons. The molecule has 0 unspecified atom stereocenters. The predicted octanol–water partition coefficient (Wildman–Crippen LogP) is 22.1. The SMILES string of the molecule is CC(C)(C)OC(=O)NCCCNC(=O)CCCCCOC(=O)c1c(Cl)c(Cl)c(Cl)c(Cl)c1-c1c2cc(I)c(=O)c(I)c-2oc2c(I)c(O)c(I)cc12.Cl.[NH-]CCCNC(=O)CCCCCOC(=O)c1c(Cl)c(Cl)c(Cl)c(Cl)c1-c1c2cc(I)c(=O)c(I)c-2oc2c(I)c(O)c(I)cc12. The summed E-state index contributed by atoms with van der Waals surface area (Å²) in [5, 5.41) is 29.8. The van der Waals surface area contributed by atoms with Gasteiger partial charge in [-0.15, -0.1) is 19.0 Å². The Bertz CT molecular complexity index is 4500. The zero-order valence-electron chi connectivity index (χ0n) is 50.9. The van der Waals surface area contributed by atoms with Crippen molar-refractivity contribution in [2.75, 3.05) is 39.4 Å². The van der Waals surface area contributed by atoms with Crippen LogP contribution in [-0.2, 0) is 23.8 Å². The van der Waals surface area contributed by atoms with Gasteiger partial charge in [0.05, 0.1) is 85.9 Å². The molecule has 4 aromatic carbocycles. The van der Waals surface area contributed by atoms with E-state index < -0.39 is 23.6 Å². The molecule has 2 heterocycles. The summed E-state index contributed by atoms with van der Waals surface area (Å²) in [5.41, 5.74) is 8.25. The van der Waals surface area contributed by atoms with Crippen molar-refractivity contribution in [3.63, 3.8) is 0 Å². The van der Waals surface area contributed by atoms with Crippen LogP contribution in [-0.4, -0.2) is 85.1 Å². The third-order valence-corrected chi connectivity index (χ3v) is 24.9. The van der Waals surface area contributed by atoms with Gasteiger partial charge in [0.1, 0.15) is 24.2 Å². The molecule has 35 heteroatoms. The number of fused-ring (bicyclic) bond motifs is 4. The van der Waals surface area contributed by atoms with Crippen LogP contribution in [0, 0.1) is 28.6 Å². The lowest BCUT2D eigenvalue weighted by molar-refractivity contribution is -0.122. The summed E-state index contributed by atoms with van der Waals surface area (Å²) >= 11 is 68.8. The molecule has 0 spiro atoms. The Hall–Kier alpha value is -0.580. The predicted molar refractivity (Wildman–Crippen MR) is 458 cm³/mol. The number of rotatable bonds is 23. The number of amides is 3. The summed E-state index contributed by atoms with van der Waals surface area (Å²) in [5.74, 6) is -1.40. The molecule has 6 N–H and O–H groups in total. The number of carbonyl (C=O) groups excluding carboxylic acids is 5. The van der Waals surface area contributed by atoms with Crippen LogP contribution < -0.4 is 26.8 Å². The normalized spacial score (nSPS) is 11.4. The van der Waals surface area contributed by atoms with Gasteiger partial charge in [-0.3, -0.25) is 19.2 Å². The highest BCUT2D eigenvalue weighted by molar-refractivity contribution is 14.1. The third kappa shape index (κ3) is 20.6. The van der Waals surface area contributed by atoms with Crippen molar-refractivity contribution < 1.29 is 57.2 Å². The van der Waals surface area contributed by atoms with Gasteiger partial charge in [0.25, 0.3) is 0 Å². The Labute approximate surface area is 717 Å². The van der Waals surface area contributed by atoms with Crippen LogP contribution in [0.2, 0.25) is 40.2 Å². The topological polar surface area (TPSA) is 274 Å². The van der Waals surface area contributed by atoms with Gasteiger partial charge in [0, 0.05) is 76.6 Å². The highest BCUT2D eigenvalue weighted by Crippen LogP contribution is 2.55. The second-order valence-electron chi connectivity index (χ2n) is 22.0. The summed E-state index contributed by atoms with van der Waals surface area (Å²) < 4.78 is 32.1. The molecule has 0 aromatic heterocycles. The van der Waals surface area contributed by atoms with E-state index >= 15 is 0 Å². The van der Waals surface area contributed by atoms with E-state index in [1.807, 2.05) is 181 Å². The van der Waals surface area contributed by atoms with Gasteiger partial charge < -0.3 is 54.9 Å². The van der Waals surface area contributed by atoms with E-state index in [4.69, 9.17) is 122 Å². The number of alkyl carbamates (subject to hydrolysis) is 1. The van der Waals surface area contributed by atoms with Crippen molar-refractivity contribution in [1.82, 2.24) is 16.0 Å². The average Bonchev–Trinajstić information content (AvgIpc) is 0.726. The number of esters is 2. The van der Waals surface area contributed by atoms with E-state index in [-0.39, 0.29) is 161 Å². The first-order valence-electron chi connectivity index (χ1n) is 28.8. The lowest BCUT2D eigenvalue weighted by Crippen LogP contribution is -2.34. The summed E-state index contributed by atoms with van der Waals surface area (Å²) in [6, 6.07) is 6.62. The van der Waals surface area contributed by atoms with Crippen molar-refractivity contribution in [2.24, 2.45) is 0 Å². The first-order chi connectivity index (χ1) is 45.7. The Morgan fingerprint density at radius 3 is 1.22 bits per heavy atom. The molecule has 8 rings (SSSR count). The van der Waals surface area contributed by atoms with Gasteiger partial charge in [-0.25, -0.2) is 14.4 Å². The van der Waals surface area contributed by atoms with Crippen molar-refractivity contribution in [3.8, 4) is 56.4 Å². The molecule has 2 aliphatic carbocycles. The first kappa shape index (κ1) is 86.3. The molecule has 3 amide bonds. The van der Waals surface area contributed by atoms with Gasteiger partial charge in [-0.05, 0) is 271 Å². The molecule has 4 aliphatic rings. The third-order valence-electron chi connectivity index (χ3n) is 14.1. The lowest BCUT2D eigenvalue weighted by atomic mass is 9.90.